The molecule has 7 aromatic rings. The number of aromatic nitrogens is 1. The van der Waals surface area contributed by atoms with Gasteiger partial charge in [0.25, 0.3) is 0 Å². The minimum Gasteiger partial charge on any atom is -0.457 e. The molecule has 0 spiro atoms. The molecular weight excluding hydrogens is 697 g/mol. The minimum atomic E-state index is -0.121. The molecule has 5 heteroatoms. The molecule has 0 N–H and O–H groups in total. The predicted octanol–water partition coefficient (Wildman–Crippen LogP) is 14.5. The van der Waals surface area contributed by atoms with Crippen LogP contribution in [0.1, 0.15) is 63.8 Å². The second-order valence-corrected chi connectivity index (χ2v) is 17.2. The van der Waals surface area contributed by atoms with Crippen LogP contribution in [0.5, 0.6) is 11.5 Å². The van der Waals surface area contributed by atoms with Gasteiger partial charge in [-0.1, -0.05) is 108 Å². The van der Waals surface area contributed by atoms with Gasteiger partial charge in [-0.15, -0.1) is 0 Å². The number of anilines is 7. The van der Waals surface area contributed by atoms with Crippen LogP contribution >= 0.6 is 0 Å². The van der Waals surface area contributed by atoms with Gasteiger partial charge in [-0.3, -0.25) is 4.90 Å². The summed E-state index contributed by atoms with van der Waals surface area (Å²) in [6.45, 7) is 18.6. The quantitative estimate of drug-likeness (QED) is 0.154. The van der Waals surface area contributed by atoms with E-state index < -0.39 is 0 Å². The lowest BCUT2D eigenvalue weighted by Gasteiger charge is -2.28. The maximum Gasteiger partial charge on any atom is 0.137 e. The zero-order valence-corrected chi connectivity index (χ0v) is 34.4. The third-order valence-corrected chi connectivity index (χ3v) is 10.9. The van der Waals surface area contributed by atoms with E-state index in [9.17, 15) is 0 Å². The highest BCUT2D eigenvalue weighted by Crippen LogP contribution is 2.48. The summed E-state index contributed by atoms with van der Waals surface area (Å²) in [4.78, 5) is 12.0. The van der Waals surface area contributed by atoms with Crippen molar-refractivity contribution in [2.45, 2.75) is 66.2 Å². The number of pyridine rings is 1. The van der Waals surface area contributed by atoms with E-state index in [0.29, 0.717) is 6.67 Å². The fraction of sp³-hybridized carbons (Fsp3) is 0.212. The molecule has 0 saturated carbocycles. The van der Waals surface area contributed by atoms with Crippen molar-refractivity contribution in [3.8, 4) is 22.6 Å². The van der Waals surface area contributed by atoms with E-state index in [1.807, 2.05) is 6.20 Å². The first-order chi connectivity index (χ1) is 27.3. The van der Waals surface area contributed by atoms with E-state index in [1.54, 1.807) is 0 Å². The first-order valence-electron chi connectivity index (χ1n) is 19.9. The van der Waals surface area contributed by atoms with Crippen molar-refractivity contribution in [2.24, 2.45) is 0 Å². The largest absolute Gasteiger partial charge is 0.457 e. The van der Waals surface area contributed by atoms with E-state index >= 15 is 0 Å². The Hall–Kier alpha value is -6.33. The highest BCUT2D eigenvalue weighted by molar-refractivity contribution is 5.88. The topological polar surface area (TPSA) is 31.8 Å². The normalized spacial score (nSPS) is 12.8. The number of para-hydroxylation sites is 2. The lowest BCUT2D eigenvalue weighted by molar-refractivity contribution is 0.479. The fourth-order valence-corrected chi connectivity index (χ4v) is 7.49. The van der Waals surface area contributed by atoms with Crippen LogP contribution in [0.4, 0.5) is 39.9 Å². The summed E-state index contributed by atoms with van der Waals surface area (Å²) in [6, 6.07) is 53.9. The second kappa shape index (κ2) is 15.0. The van der Waals surface area contributed by atoms with Gasteiger partial charge in [0.15, 0.2) is 0 Å². The molecule has 5 nitrogen and oxygen atoms in total. The summed E-state index contributed by atoms with van der Waals surface area (Å²) in [5.74, 6) is 2.38. The Balaban J connectivity index is 1.27. The number of fused-ring (bicyclic) bond motifs is 1. The van der Waals surface area contributed by atoms with Gasteiger partial charge in [-0.25, -0.2) is 4.98 Å². The summed E-state index contributed by atoms with van der Waals surface area (Å²) in [5, 5.41) is 0. The highest BCUT2D eigenvalue weighted by Gasteiger charge is 2.30. The number of rotatable bonds is 8. The number of nitrogens with zero attached hydrogens (tertiary/aromatic N) is 4. The van der Waals surface area contributed by atoms with Gasteiger partial charge in [-0.05, 0) is 131 Å². The van der Waals surface area contributed by atoms with Gasteiger partial charge in [0.05, 0.1) is 17.1 Å². The third kappa shape index (κ3) is 7.88. The molecule has 1 aliphatic rings. The zero-order valence-electron chi connectivity index (χ0n) is 34.4. The SMILES string of the molecule is Cc1cc2c(cc1C)N(c1cc(Oc3cc(-c4ccccc4)cc(N(c4ccccc4)c4cc(C(C)(C)C)ccn4)c3)cc(C(C)(C)C)c1)CN2c1ccccc1. The molecule has 0 unspecified atom stereocenters. The van der Waals surface area contributed by atoms with Crippen molar-refractivity contribution >= 4 is 39.9 Å². The predicted molar refractivity (Wildman–Crippen MR) is 240 cm³/mol. The van der Waals surface area contributed by atoms with E-state index in [2.05, 4.69) is 222 Å². The molecule has 286 valence electrons. The zero-order chi connectivity index (χ0) is 39.9. The number of benzene rings is 6. The molecule has 0 saturated heterocycles. The van der Waals surface area contributed by atoms with Crippen molar-refractivity contribution in [1.82, 2.24) is 4.98 Å². The van der Waals surface area contributed by atoms with Gasteiger partial charge in [0, 0.05) is 35.4 Å². The fourth-order valence-electron chi connectivity index (χ4n) is 7.49. The summed E-state index contributed by atoms with van der Waals surface area (Å²) in [7, 11) is 0. The van der Waals surface area contributed by atoms with E-state index in [1.165, 1.54) is 39.3 Å². The summed E-state index contributed by atoms with van der Waals surface area (Å²) in [5.41, 5.74) is 13.6. The maximum absolute atomic E-state index is 7.07. The summed E-state index contributed by atoms with van der Waals surface area (Å²) >= 11 is 0. The molecule has 1 aromatic heterocycles. The van der Waals surface area contributed by atoms with Crippen LogP contribution in [0.15, 0.2) is 158 Å². The molecule has 0 radical (unpaired) electrons. The number of aryl methyl sites for hydroxylation is 2. The standard InChI is InChI=1S/C52H52N4O/c1-36-26-48-49(27-37(36)2)55(35-54(48)42-20-14-10-15-21-42)44-30-41(52(6,7)8)31-47(33-44)57-46-29-39(38-18-12-9-13-19-38)28-45(34-46)56(43-22-16-11-17-23-43)50-32-40(24-25-53-50)51(3,4)5/h9-34H,35H2,1-8H3. The van der Waals surface area contributed by atoms with Crippen LogP contribution in [0.3, 0.4) is 0 Å². The lowest BCUT2D eigenvalue weighted by Crippen LogP contribution is -2.24. The van der Waals surface area contributed by atoms with Gasteiger partial charge in [-0.2, -0.15) is 0 Å². The van der Waals surface area contributed by atoms with Crippen LogP contribution < -0.4 is 19.4 Å². The van der Waals surface area contributed by atoms with Crippen molar-refractivity contribution < 1.29 is 4.74 Å². The highest BCUT2D eigenvalue weighted by atomic mass is 16.5. The number of ether oxygens (including phenoxy) is 1. The minimum absolute atomic E-state index is 0.0402. The van der Waals surface area contributed by atoms with Crippen molar-refractivity contribution in [1.29, 1.82) is 0 Å². The van der Waals surface area contributed by atoms with Crippen LogP contribution in [0.2, 0.25) is 0 Å². The molecule has 0 bridgehead atoms. The van der Waals surface area contributed by atoms with Gasteiger partial charge >= 0.3 is 0 Å². The molecule has 57 heavy (non-hydrogen) atoms. The van der Waals surface area contributed by atoms with Gasteiger partial charge in [0.2, 0.25) is 0 Å². The molecular formula is C52H52N4O. The molecule has 0 fully saturated rings. The smallest absolute Gasteiger partial charge is 0.137 e. The molecule has 0 atom stereocenters. The average Bonchev–Trinajstić information content (AvgIpc) is 3.56. The van der Waals surface area contributed by atoms with Crippen LogP contribution in [-0.2, 0) is 10.8 Å². The summed E-state index contributed by atoms with van der Waals surface area (Å²) < 4.78 is 7.07. The van der Waals surface area contributed by atoms with Crippen LogP contribution in [0.25, 0.3) is 11.1 Å². The van der Waals surface area contributed by atoms with Gasteiger partial charge < -0.3 is 14.5 Å². The molecule has 0 amide bonds. The summed E-state index contributed by atoms with van der Waals surface area (Å²) in [6.07, 6.45) is 1.92. The van der Waals surface area contributed by atoms with Crippen LogP contribution in [0, 0.1) is 13.8 Å². The number of hydrogen-bond donors (Lipinski definition) is 0. The lowest BCUT2D eigenvalue weighted by atomic mass is 9.86. The Morgan fingerprint density at radius 2 is 1.09 bits per heavy atom. The first kappa shape index (κ1) is 37.6. The molecule has 6 aromatic carbocycles. The Kier molecular flexibility index (Phi) is 9.87. The van der Waals surface area contributed by atoms with E-state index in [0.717, 1.165) is 45.5 Å². The molecule has 0 aliphatic carbocycles. The molecule has 8 rings (SSSR count). The third-order valence-electron chi connectivity index (χ3n) is 10.9. The monoisotopic (exact) mass is 748 g/mol. The average molecular weight is 749 g/mol. The maximum atomic E-state index is 7.07. The van der Waals surface area contributed by atoms with E-state index in [4.69, 9.17) is 9.72 Å². The van der Waals surface area contributed by atoms with Crippen LogP contribution in [-0.4, -0.2) is 11.7 Å². The Bertz CT molecular complexity index is 2520. The van der Waals surface area contributed by atoms with E-state index in [-0.39, 0.29) is 10.8 Å². The Morgan fingerprint density at radius 3 is 1.72 bits per heavy atom. The van der Waals surface area contributed by atoms with Crippen molar-refractivity contribution in [2.75, 3.05) is 21.4 Å². The molecule has 2 heterocycles. The van der Waals surface area contributed by atoms with Crippen molar-refractivity contribution in [3.63, 3.8) is 0 Å². The Morgan fingerprint density at radius 1 is 0.509 bits per heavy atom. The number of hydrogen-bond acceptors (Lipinski definition) is 5. The Labute approximate surface area is 338 Å². The van der Waals surface area contributed by atoms with Crippen molar-refractivity contribution in [3.05, 3.63) is 180 Å². The van der Waals surface area contributed by atoms with Gasteiger partial charge in [0.1, 0.15) is 24.0 Å². The second-order valence-electron chi connectivity index (χ2n) is 17.2. The molecule has 1 aliphatic heterocycles. The first-order valence-corrected chi connectivity index (χ1v) is 19.9.